The van der Waals surface area contributed by atoms with E-state index in [9.17, 15) is 5.11 Å². The van der Waals surface area contributed by atoms with Crippen molar-refractivity contribution in [1.82, 2.24) is 9.78 Å². The molecule has 25 heavy (non-hydrogen) atoms. The van der Waals surface area contributed by atoms with E-state index in [1.807, 2.05) is 23.0 Å². The molecule has 1 N–H and O–H groups in total. The van der Waals surface area contributed by atoms with Crippen molar-refractivity contribution in [1.29, 1.82) is 0 Å². The van der Waals surface area contributed by atoms with Gasteiger partial charge in [-0.05, 0) is 44.0 Å². The van der Waals surface area contributed by atoms with E-state index in [1.54, 1.807) is 18.2 Å². The van der Waals surface area contributed by atoms with Crippen LogP contribution in [0.5, 0.6) is 11.5 Å². The maximum Gasteiger partial charge on any atom is 0.130 e. The van der Waals surface area contributed by atoms with Crippen LogP contribution in [-0.4, -0.2) is 34.7 Å². The molecule has 0 unspecified atom stereocenters. The molecule has 1 aromatic carbocycles. The van der Waals surface area contributed by atoms with Gasteiger partial charge in [-0.15, -0.1) is 0 Å². The summed E-state index contributed by atoms with van der Waals surface area (Å²) in [6.07, 6.45) is 4.25. The first-order valence-electron chi connectivity index (χ1n) is 8.51. The van der Waals surface area contributed by atoms with Crippen LogP contribution in [-0.2, 0) is 4.74 Å². The highest BCUT2D eigenvalue weighted by Gasteiger charge is 2.20. The number of benzene rings is 1. The summed E-state index contributed by atoms with van der Waals surface area (Å²) in [6.45, 7) is 9.67. The van der Waals surface area contributed by atoms with Crippen LogP contribution >= 0.6 is 0 Å². The van der Waals surface area contributed by atoms with Crippen molar-refractivity contribution in [3.8, 4) is 11.5 Å². The number of phenolic OH excluding ortho intramolecular Hbond substituents is 1. The van der Waals surface area contributed by atoms with Gasteiger partial charge in [0.15, 0.2) is 0 Å². The Morgan fingerprint density at radius 1 is 1.40 bits per heavy atom. The Hall–Kier alpha value is -2.53. The van der Waals surface area contributed by atoms with E-state index in [0.29, 0.717) is 31.1 Å². The molecule has 0 aliphatic carbocycles. The normalized spacial score (nSPS) is 14.8. The van der Waals surface area contributed by atoms with Gasteiger partial charge >= 0.3 is 0 Å². The minimum absolute atomic E-state index is 0.173. The van der Waals surface area contributed by atoms with Gasteiger partial charge in [0, 0.05) is 17.8 Å². The highest BCUT2D eigenvalue weighted by molar-refractivity contribution is 5.68. The maximum atomic E-state index is 9.93. The maximum absolute atomic E-state index is 9.93. The monoisotopic (exact) mass is 340 g/mol. The van der Waals surface area contributed by atoms with E-state index in [2.05, 4.69) is 25.5 Å². The molecule has 5 heteroatoms. The molecule has 0 fully saturated rings. The highest BCUT2D eigenvalue weighted by Crippen LogP contribution is 2.31. The number of nitrogens with zero attached hydrogens (tertiary/aromatic N) is 2. The van der Waals surface area contributed by atoms with Crippen LogP contribution in [0.25, 0.3) is 11.6 Å². The molecule has 0 bridgehead atoms. The third-order valence-electron chi connectivity index (χ3n) is 4.34. The van der Waals surface area contributed by atoms with Crippen LogP contribution in [0.2, 0.25) is 0 Å². The molecule has 0 saturated heterocycles. The lowest BCUT2D eigenvalue weighted by Crippen LogP contribution is -2.18. The lowest BCUT2D eigenvalue weighted by atomic mass is 10.0. The van der Waals surface area contributed by atoms with Crippen molar-refractivity contribution in [2.24, 2.45) is 0 Å². The summed E-state index contributed by atoms with van der Waals surface area (Å²) in [5, 5.41) is 14.4. The average Bonchev–Trinajstić information content (AvgIpc) is 3.10. The SMILES string of the molecule is C=Cc1c(O)cccc1OCC1=C(c2ccnn2C(C)C)COCC1. The molecule has 0 amide bonds. The van der Waals surface area contributed by atoms with E-state index < -0.39 is 0 Å². The Balaban J connectivity index is 1.89. The molecule has 0 spiro atoms. The largest absolute Gasteiger partial charge is 0.507 e. The lowest BCUT2D eigenvalue weighted by molar-refractivity contribution is 0.155. The molecule has 0 atom stereocenters. The summed E-state index contributed by atoms with van der Waals surface area (Å²) in [5.41, 5.74) is 4.03. The van der Waals surface area contributed by atoms with Gasteiger partial charge < -0.3 is 14.6 Å². The minimum Gasteiger partial charge on any atom is -0.507 e. The zero-order valence-corrected chi connectivity index (χ0v) is 14.7. The van der Waals surface area contributed by atoms with Crippen molar-refractivity contribution in [3.63, 3.8) is 0 Å². The van der Waals surface area contributed by atoms with Crippen LogP contribution in [0.3, 0.4) is 0 Å². The number of hydrogen-bond acceptors (Lipinski definition) is 4. The Morgan fingerprint density at radius 3 is 3.00 bits per heavy atom. The van der Waals surface area contributed by atoms with Gasteiger partial charge in [0.2, 0.25) is 0 Å². The Bertz CT molecular complexity index is 790. The topological polar surface area (TPSA) is 56.5 Å². The van der Waals surface area contributed by atoms with E-state index in [0.717, 1.165) is 17.7 Å². The zero-order valence-electron chi connectivity index (χ0n) is 14.7. The fourth-order valence-corrected chi connectivity index (χ4v) is 3.03. The van der Waals surface area contributed by atoms with Gasteiger partial charge in [0.05, 0.1) is 24.5 Å². The standard InChI is InChI=1S/C20H24N2O3/c1-4-16-19(23)6-5-7-20(16)25-12-15-9-11-24-13-17(15)18-8-10-21-22(18)14(2)3/h4-8,10,14,23H,1,9,11-13H2,2-3H3. The third kappa shape index (κ3) is 3.61. The molecule has 1 aromatic heterocycles. The van der Waals surface area contributed by atoms with Crippen LogP contribution in [0.1, 0.15) is 37.6 Å². The number of hydrogen-bond donors (Lipinski definition) is 1. The first-order chi connectivity index (χ1) is 12.1. The Labute approximate surface area is 148 Å². The second-order valence-electron chi connectivity index (χ2n) is 6.32. The number of aromatic hydroxyl groups is 1. The van der Waals surface area contributed by atoms with E-state index in [-0.39, 0.29) is 11.8 Å². The molecule has 1 aliphatic heterocycles. The quantitative estimate of drug-likeness (QED) is 0.861. The minimum atomic E-state index is 0.173. The average molecular weight is 340 g/mol. The van der Waals surface area contributed by atoms with Gasteiger partial charge in [0.25, 0.3) is 0 Å². The van der Waals surface area contributed by atoms with Crippen molar-refractivity contribution in [2.45, 2.75) is 26.3 Å². The van der Waals surface area contributed by atoms with Crippen molar-refractivity contribution in [2.75, 3.05) is 19.8 Å². The number of ether oxygens (including phenoxy) is 2. The summed E-state index contributed by atoms with van der Waals surface area (Å²) < 4.78 is 13.7. The van der Waals surface area contributed by atoms with E-state index in [1.165, 1.54) is 5.57 Å². The molecule has 0 saturated carbocycles. The lowest BCUT2D eigenvalue weighted by Gasteiger charge is -2.23. The van der Waals surface area contributed by atoms with Crippen molar-refractivity contribution >= 4 is 11.6 Å². The number of aromatic nitrogens is 2. The van der Waals surface area contributed by atoms with Crippen molar-refractivity contribution in [3.05, 3.63) is 53.9 Å². The molecular weight excluding hydrogens is 316 g/mol. The molecule has 132 valence electrons. The fourth-order valence-electron chi connectivity index (χ4n) is 3.03. The van der Waals surface area contributed by atoms with Gasteiger partial charge in [-0.25, -0.2) is 0 Å². The van der Waals surface area contributed by atoms with E-state index in [4.69, 9.17) is 9.47 Å². The highest BCUT2D eigenvalue weighted by atomic mass is 16.5. The molecule has 0 radical (unpaired) electrons. The summed E-state index contributed by atoms with van der Waals surface area (Å²) >= 11 is 0. The Kier molecular flexibility index (Phi) is 5.24. The smallest absolute Gasteiger partial charge is 0.130 e. The molecule has 1 aliphatic rings. The molecule has 3 rings (SSSR count). The van der Waals surface area contributed by atoms with Gasteiger partial charge in [-0.3, -0.25) is 4.68 Å². The fraction of sp³-hybridized carbons (Fsp3) is 0.350. The zero-order chi connectivity index (χ0) is 17.8. The third-order valence-corrected chi connectivity index (χ3v) is 4.34. The van der Waals surface area contributed by atoms with Crippen molar-refractivity contribution < 1.29 is 14.6 Å². The summed E-state index contributed by atoms with van der Waals surface area (Å²) in [7, 11) is 0. The number of rotatable bonds is 6. The molecule has 5 nitrogen and oxygen atoms in total. The van der Waals surface area contributed by atoms with Gasteiger partial charge in [-0.1, -0.05) is 18.7 Å². The van der Waals surface area contributed by atoms with Crippen LogP contribution in [0.15, 0.2) is 42.6 Å². The van der Waals surface area contributed by atoms with Gasteiger partial charge in [-0.2, -0.15) is 5.10 Å². The first-order valence-corrected chi connectivity index (χ1v) is 8.51. The van der Waals surface area contributed by atoms with Crippen LogP contribution in [0, 0.1) is 0 Å². The predicted octanol–water partition coefficient (Wildman–Crippen LogP) is 4.07. The Morgan fingerprint density at radius 2 is 2.24 bits per heavy atom. The summed E-state index contributed by atoms with van der Waals surface area (Å²) in [4.78, 5) is 0. The predicted molar refractivity (Wildman–Crippen MR) is 98.7 cm³/mol. The molecule has 2 heterocycles. The van der Waals surface area contributed by atoms with E-state index >= 15 is 0 Å². The number of phenols is 1. The summed E-state index contributed by atoms with van der Waals surface area (Å²) in [5.74, 6) is 0.803. The van der Waals surface area contributed by atoms with Crippen LogP contribution in [0.4, 0.5) is 0 Å². The first kappa shape index (κ1) is 17.3. The van der Waals surface area contributed by atoms with Gasteiger partial charge in [0.1, 0.15) is 18.1 Å². The molecule has 2 aromatic rings. The molecular formula is C20H24N2O3. The second kappa shape index (κ2) is 7.57. The summed E-state index contributed by atoms with van der Waals surface area (Å²) in [6, 6.07) is 7.54. The van der Waals surface area contributed by atoms with Crippen LogP contribution < -0.4 is 4.74 Å². The second-order valence-corrected chi connectivity index (χ2v) is 6.32.